The van der Waals surface area contributed by atoms with Gasteiger partial charge in [-0.15, -0.1) is 0 Å². The van der Waals surface area contributed by atoms with Gasteiger partial charge in [-0.25, -0.2) is 4.98 Å². The summed E-state index contributed by atoms with van der Waals surface area (Å²) in [6.07, 6.45) is 5.49. The molecule has 3 N–H and O–H groups in total. The summed E-state index contributed by atoms with van der Waals surface area (Å²) in [4.78, 5) is 4.53. The lowest BCUT2D eigenvalue weighted by molar-refractivity contribution is 0.310. The number of pyridine rings is 1. The van der Waals surface area contributed by atoms with Crippen LogP contribution in [0.2, 0.25) is 0 Å². The van der Waals surface area contributed by atoms with Crippen LogP contribution in [0, 0.1) is 0 Å². The van der Waals surface area contributed by atoms with E-state index >= 15 is 0 Å². The highest BCUT2D eigenvalue weighted by Gasteiger charge is 2.10. The van der Waals surface area contributed by atoms with Crippen molar-refractivity contribution >= 4 is 16.7 Å². The van der Waals surface area contributed by atoms with E-state index in [-0.39, 0.29) is 5.54 Å². The fourth-order valence-corrected chi connectivity index (χ4v) is 2.82. The zero-order chi connectivity index (χ0) is 18.3. The lowest BCUT2D eigenvalue weighted by atomic mass is 10.0. The van der Waals surface area contributed by atoms with Crippen LogP contribution < -0.4 is 15.8 Å². The summed E-state index contributed by atoms with van der Waals surface area (Å²) in [6.45, 7) is 10.5. The van der Waals surface area contributed by atoms with Crippen LogP contribution in [0.4, 0.5) is 5.82 Å². The van der Waals surface area contributed by atoms with Crippen molar-refractivity contribution in [2.75, 3.05) is 18.9 Å². The Morgan fingerprint density at radius 2 is 1.96 bits per heavy atom. The van der Waals surface area contributed by atoms with Gasteiger partial charge < -0.3 is 15.8 Å². The number of fused-ring (bicyclic) bond motifs is 1. The molecule has 4 nitrogen and oxygen atoms in total. The topological polar surface area (TPSA) is 60.2 Å². The number of aromatic nitrogens is 1. The molecule has 138 valence electrons. The molecule has 0 saturated heterocycles. The number of benzene rings is 1. The monoisotopic (exact) mass is 343 g/mol. The Bertz CT molecular complexity index is 677. The smallest absolute Gasteiger partial charge is 0.166 e. The highest BCUT2D eigenvalue weighted by molar-refractivity contribution is 5.85. The minimum Gasteiger partial charge on any atom is -0.490 e. The summed E-state index contributed by atoms with van der Waals surface area (Å²) in [6, 6.07) is 8.34. The van der Waals surface area contributed by atoms with Crippen molar-refractivity contribution in [2.45, 2.75) is 65.3 Å². The van der Waals surface area contributed by atoms with E-state index in [4.69, 9.17) is 10.5 Å². The van der Waals surface area contributed by atoms with Crippen molar-refractivity contribution in [3.63, 3.8) is 0 Å². The molecule has 4 heteroatoms. The summed E-state index contributed by atoms with van der Waals surface area (Å²) in [5, 5.41) is 4.70. The predicted molar refractivity (Wildman–Crippen MR) is 107 cm³/mol. The van der Waals surface area contributed by atoms with Crippen LogP contribution in [0.1, 0.15) is 58.9 Å². The van der Waals surface area contributed by atoms with E-state index in [1.54, 1.807) is 0 Å². The summed E-state index contributed by atoms with van der Waals surface area (Å²) < 4.78 is 5.82. The second-order valence-electron chi connectivity index (χ2n) is 7.69. The van der Waals surface area contributed by atoms with Crippen LogP contribution in [-0.2, 0) is 6.42 Å². The zero-order valence-corrected chi connectivity index (χ0v) is 16.2. The third-order valence-electron chi connectivity index (χ3n) is 4.23. The number of hydrogen-bond donors (Lipinski definition) is 2. The maximum Gasteiger partial charge on any atom is 0.166 e. The summed E-state index contributed by atoms with van der Waals surface area (Å²) >= 11 is 0. The number of nitrogen functional groups attached to an aromatic ring is 1. The predicted octanol–water partition coefficient (Wildman–Crippen LogP) is 4.71. The normalized spacial score (nSPS) is 11.8. The fraction of sp³-hybridized carbons (Fsp3) is 0.571. The van der Waals surface area contributed by atoms with E-state index < -0.39 is 0 Å². The molecule has 0 spiro atoms. The molecular weight excluding hydrogens is 310 g/mol. The van der Waals surface area contributed by atoms with Gasteiger partial charge in [0, 0.05) is 10.9 Å². The van der Waals surface area contributed by atoms with E-state index in [0.717, 1.165) is 49.6 Å². The molecule has 0 saturated carbocycles. The standard InChI is InChI=1S/C21H33N3O/c1-5-6-14-25-19-15-17-16(10-7-8-13-23-21(2,3)4)11-9-12-18(17)24-20(19)22/h9,11-12,15,23H,5-8,10,13-14H2,1-4H3,(H2,22,24). The molecule has 0 aliphatic rings. The Labute approximate surface area is 152 Å². The Hall–Kier alpha value is -1.81. The molecular formula is C21H33N3O. The third kappa shape index (κ3) is 6.20. The van der Waals surface area contributed by atoms with Gasteiger partial charge in [0.2, 0.25) is 0 Å². The quantitative estimate of drug-likeness (QED) is 0.648. The number of nitrogens with two attached hydrogens (primary N) is 1. The highest BCUT2D eigenvalue weighted by Crippen LogP contribution is 2.28. The minimum atomic E-state index is 0.186. The number of aryl methyl sites for hydroxylation is 1. The number of hydrogen-bond acceptors (Lipinski definition) is 4. The molecule has 0 radical (unpaired) electrons. The van der Waals surface area contributed by atoms with Crippen molar-refractivity contribution < 1.29 is 4.74 Å². The number of nitrogens with zero attached hydrogens (tertiary/aromatic N) is 1. The van der Waals surface area contributed by atoms with Crippen molar-refractivity contribution in [2.24, 2.45) is 0 Å². The van der Waals surface area contributed by atoms with Gasteiger partial charge in [-0.2, -0.15) is 0 Å². The lowest BCUT2D eigenvalue weighted by Crippen LogP contribution is -2.36. The summed E-state index contributed by atoms with van der Waals surface area (Å²) in [7, 11) is 0. The number of nitrogens with one attached hydrogen (secondary N) is 1. The molecule has 2 rings (SSSR count). The number of unbranched alkanes of at least 4 members (excludes halogenated alkanes) is 2. The van der Waals surface area contributed by atoms with Crippen LogP contribution >= 0.6 is 0 Å². The Balaban J connectivity index is 2.04. The maximum atomic E-state index is 6.05. The zero-order valence-electron chi connectivity index (χ0n) is 16.2. The first kappa shape index (κ1) is 19.5. The average molecular weight is 344 g/mol. The first-order chi connectivity index (χ1) is 11.9. The van der Waals surface area contributed by atoms with Crippen LogP contribution in [0.3, 0.4) is 0 Å². The van der Waals surface area contributed by atoms with Gasteiger partial charge in [-0.3, -0.25) is 0 Å². The molecule has 0 fully saturated rings. The molecule has 0 aliphatic carbocycles. The second-order valence-corrected chi connectivity index (χ2v) is 7.69. The molecule has 0 unspecified atom stereocenters. The van der Waals surface area contributed by atoms with E-state index in [0.29, 0.717) is 18.2 Å². The molecule has 1 aromatic carbocycles. The van der Waals surface area contributed by atoms with Crippen molar-refractivity contribution in [3.05, 3.63) is 29.8 Å². The van der Waals surface area contributed by atoms with Crippen LogP contribution in [-0.4, -0.2) is 23.7 Å². The van der Waals surface area contributed by atoms with E-state index in [2.05, 4.69) is 56.2 Å². The minimum absolute atomic E-state index is 0.186. The first-order valence-electron chi connectivity index (χ1n) is 9.46. The maximum absolute atomic E-state index is 6.05. The Kier molecular flexibility index (Phi) is 7.06. The van der Waals surface area contributed by atoms with Gasteiger partial charge >= 0.3 is 0 Å². The van der Waals surface area contributed by atoms with Crippen LogP contribution in [0.15, 0.2) is 24.3 Å². The van der Waals surface area contributed by atoms with Gasteiger partial charge in [0.15, 0.2) is 11.6 Å². The summed E-state index contributed by atoms with van der Waals surface area (Å²) in [5.74, 6) is 1.19. The lowest BCUT2D eigenvalue weighted by Gasteiger charge is -2.20. The largest absolute Gasteiger partial charge is 0.490 e. The fourth-order valence-electron chi connectivity index (χ4n) is 2.82. The van der Waals surface area contributed by atoms with Crippen molar-refractivity contribution in [1.82, 2.24) is 10.3 Å². The molecule has 0 amide bonds. The van der Waals surface area contributed by atoms with Gasteiger partial charge in [0.25, 0.3) is 0 Å². The first-order valence-corrected chi connectivity index (χ1v) is 9.46. The average Bonchev–Trinajstić information content (AvgIpc) is 2.54. The van der Waals surface area contributed by atoms with Gasteiger partial charge in [0.1, 0.15) is 0 Å². The van der Waals surface area contributed by atoms with E-state index in [1.165, 1.54) is 5.56 Å². The number of ether oxygens (including phenoxy) is 1. The van der Waals surface area contributed by atoms with Gasteiger partial charge in [0.05, 0.1) is 12.1 Å². The molecule has 25 heavy (non-hydrogen) atoms. The molecule has 0 aliphatic heterocycles. The van der Waals surface area contributed by atoms with Gasteiger partial charge in [-0.05, 0) is 70.7 Å². The molecule has 2 aromatic rings. The van der Waals surface area contributed by atoms with E-state index in [9.17, 15) is 0 Å². The second kappa shape index (κ2) is 9.04. The number of anilines is 1. The molecule has 0 bridgehead atoms. The molecule has 1 aromatic heterocycles. The highest BCUT2D eigenvalue weighted by atomic mass is 16.5. The SMILES string of the molecule is CCCCOc1cc2c(CCCCNC(C)(C)C)cccc2nc1N. The van der Waals surface area contributed by atoms with Gasteiger partial charge in [-0.1, -0.05) is 25.5 Å². The van der Waals surface area contributed by atoms with Crippen LogP contribution in [0.5, 0.6) is 5.75 Å². The number of rotatable bonds is 9. The molecule has 0 atom stereocenters. The van der Waals surface area contributed by atoms with Crippen molar-refractivity contribution in [1.29, 1.82) is 0 Å². The molecule has 1 heterocycles. The van der Waals surface area contributed by atoms with Crippen LogP contribution in [0.25, 0.3) is 10.9 Å². The Morgan fingerprint density at radius 1 is 1.16 bits per heavy atom. The summed E-state index contributed by atoms with van der Waals surface area (Å²) in [5.41, 5.74) is 8.51. The Morgan fingerprint density at radius 3 is 2.68 bits per heavy atom. The van der Waals surface area contributed by atoms with Crippen molar-refractivity contribution in [3.8, 4) is 5.75 Å². The van der Waals surface area contributed by atoms with E-state index in [1.807, 2.05) is 6.07 Å². The third-order valence-corrected chi connectivity index (χ3v) is 4.23.